The van der Waals surface area contributed by atoms with Crippen LogP contribution in [-0.4, -0.2) is 68.6 Å². The third-order valence-corrected chi connectivity index (χ3v) is 6.53. The number of ether oxygens (including phenoxy) is 1. The zero-order valence-electron chi connectivity index (χ0n) is 20.6. The molecule has 1 aromatic carbocycles. The van der Waals surface area contributed by atoms with Crippen LogP contribution in [0.5, 0.6) is 5.75 Å². The number of nitrogens with zero attached hydrogens (tertiary/aromatic N) is 5. The maximum atomic E-state index is 12.6. The lowest BCUT2D eigenvalue weighted by atomic mass is 10.2. The summed E-state index contributed by atoms with van der Waals surface area (Å²) in [5.41, 5.74) is 1.15. The lowest BCUT2D eigenvalue weighted by Gasteiger charge is -2.34. The van der Waals surface area contributed by atoms with Gasteiger partial charge in [0.2, 0.25) is 11.8 Å². The molecule has 1 saturated heterocycles. The van der Waals surface area contributed by atoms with Crippen LogP contribution in [0, 0.1) is 0 Å². The van der Waals surface area contributed by atoms with E-state index >= 15 is 0 Å². The molecule has 0 bridgehead atoms. The van der Waals surface area contributed by atoms with Gasteiger partial charge in [0.05, 0.1) is 5.52 Å². The smallest absolute Gasteiger partial charge is 0.330 e. The lowest BCUT2D eigenvalue weighted by molar-refractivity contribution is -0.134. The number of fused-ring (bicyclic) bond motifs is 1. The Kier molecular flexibility index (Phi) is 8.27. The molecule has 1 N–H and O–H groups in total. The molecular formula is C25H31ClN6O4. The molecule has 0 saturated carbocycles. The Balaban J connectivity index is 1.23. The van der Waals surface area contributed by atoms with E-state index in [0.29, 0.717) is 62.5 Å². The first-order valence-corrected chi connectivity index (χ1v) is 12.6. The van der Waals surface area contributed by atoms with Gasteiger partial charge >= 0.3 is 5.69 Å². The van der Waals surface area contributed by atoms with Crippen LogP contribution in [0.2, 0.25) is 5.02 Å². The monoisotopic (exact) mass is 514 g/mol. The molecule has 11 heteroatoms. The topological polar surface area (TPSA) is 102 Å². The third-order valence-electron chi connectivity index (χ3n) is 6.28. The highest BCUT2D eigenvalue weighted by molar-refractivity contribution is 6.30. The average Bonchev–Trinajstić information content (AvgIpc) is 3.16. The van der Waals surface area contributed by atoms with E-state index < -0.39 is 0 Å². The fourth-order valence-corrected chi connectivity index (χ4v) is 4.38. The zero-order valence-corrected chi connectivity index (χ0v) is 21.3. The summed E-state index contributed by atoms with van der Waals surface area (Å²) in [6.07, 6.45) is 0.191. The van der Waals surface area contributed by atoms with E-state index in [1.54, 1.807) is 38.3 Å². The maximum absolute atomic E-state index is 12.6. The van der Waals surface area contributed by atoms with Gasteiger partial charge in [-0.05, 0) is 50.2 Å². The van der Waals surface area contributed by atoms with E-state index in [1.807, 2.05) is 26.0 Å². The summed E-state index contributed by atoms with van der Waals surface area (Å²) >= 11 is 5.89. The van der Waals surface area contributed by atoms with E-state index in [-0.39, 0.29) is 30.3 Å². The molecule has 0 aliphatic carbocycles. The standard InChI is InChI=1S/C25H31ClN6O4/c1-3-31-20-9-10-21(28-24(20)32(4-2)25(31)35)27-22(33)11-12-23(34)30-15-13-29(14-16-30)17-36-19-7-5-18(26)6-8-19/h5-10H,3-4,11-17H2,1-2H3,(H,27,28,33). The van der Waals surface area contributed by atoms with Crippen molar-refractivity contribution in [3.63, 3.8) is 0 Å². The number of aryl methyl sites for hydroxylation is 2. The molecule has 1 aliphatic heterocycles. The van der Waals surface area contributed by atoms with Crippen LogP contribution in [0.15, 0.2) is 41.2 Å². The van der Waals surface area contributed by atoms with Crippen molar-refractivity contribution in [2.45, 2.75) is 39.8 Å². The van der Waals surface area contributed by atoms with Gasteiger partial charge in [-0.25, -0.2) is 9.78 Å². The number of hydrogen-bond donors (Lipinski definition) is 1. The van der Waals surface area contributed by atoms with Crippen molar-refractivity contribution >= 4 is 40.4 Å². The first-order chi connectivity index (χ1) is 17.4. The van der Waals surface area contributed by atoms with Crippen LogP contribution in [-0.2, 0) is 22.7 Å². The summed E-state index contributed by atoms with van der Waals surface area (Å²) in [7, 11) is 0. The van der Waals surface area contributed by atoms with Crippen LogP contribution < -0.4 is 15.7 Å². The highest BCUT2D eigenvalue weighted by atomic mass is 35.5. The van der Waals surface area contributed by atoms with Crippen molar-refractivity contribution in [1.29, 1.82) is 0 Å². The van der Waals surface area contributed by atoms with Gasteiger partial charge in [-0.2, -0.15) is 0 Å². The summed E-state index contributed by atoms with van der Waals surface area (Å²) in [6.45, 7) is 7.84. The molecule has 2 amide bonds. The Morgan fingerprint density at radius 3 is 2.33 bits per heavy atom. The van der Waals surface area contributed by atoms with Crippen LogP contribution in [0.1, 0.15) is 26.7 Å². The van der Waals surface area contributed by atoms with Gasteiger partial charge in [0.15, 0.2) is 5.65 Å². The molecule has 0 unspecified atom stereocenters. The van der Waals surface area contributed by atoms with Gasteiger partial charge < -0.3 is 15.0 Å². The molecular weight excluding hydrogens is 484 g/mol. The first-order valence-electron chi connectivity index (χ1n) is 12.2. The Hall–Kier alpha value is -3.37. The zero-order chi connectivity index (χ0) is 25.7. The fourth-order valence-electron chi connectivity index (χ4n) is 4.26. The largest absolute Gasteiger partial charge is 0.478 e. The van der Waals surface area contributed by atoms with Crippen LogP contribution >= 0.6 is 11.6 Å². The Labute approximate surface area is 214 Å². The predicted molar refractivity (Wildman–Crippen MR) is 138 cm³/mol. The van der Waals surface area contributed by atoms with Gasteiger partial charge in [0, 0.05) is 57.1 Å². The number of halogens is 1. The molecule has 1 fully saturated rings. The number of nitrogens with one attached hydrogen (secondary N) is 1. The molecule has 10 nitrogen and oxygen atoms in total. The highest BCUT2D eigenvalue weighted by Gasteiger charge is 2.22. The highest BCUT2D eigenvalue weighted by Crippen LogP contribution is 2.17. The van der Waals surface area contributed by atoms with E-state index in [4.69, 9.17) is 16.3 Å². The van der Waals surface area contributed by atoms with Gasteiger partial charge in [-0.3, -0.25) is 23.6 Å². The molecule has 3 heterocycles. The Morgan fingerprint density at radius 1 is 0.972 bits per heavy atom. The van der Waals surface area contributed by atoms with Crippen LogP contribution in [0.3, 0.4) is 0 Å². The van der Waals surface area contributed by atoms with Gasteiger partial charge in [-0.1, -0.05) is 11.6 Å². The molecule has 192 valence electrons. The first kappa shape index (κ1) is 25.7. The van der Waals surface area contributed by atoms with Gasteiger partial charge in [0.1, 0.15) is 18.3 Å². The van der Waals surface area contributed by atoms with Crippen molar-refractivity contribution in [1.82, 2.24) is 23.9 Å². The number of pyridine rings is 1. The average molecular weight is 515 g/mol. The number of piperazine rings is 1. The quantitative estimate of drug-likeness (QED) is 0.471. The van der Waals surface area contributed by atoms with E-state index in [9.17, 15) is 14.4 Å². The normalized spacial score (nSPS) is 14.2. The number of anilines is 1. The predicted octanol–water partition coefficient (Wildman–Crippen LogP) is 2.79. The SMILES string of the molecule is CCn1c(=O)n(CC)c2nc(NC(=O)CCC(=O)N3CCN(COc4ccc(Cl)cc4)CC3)ccc21. The molecule has 2 aromatic heterocycles. The molecule has 0 radical (unpaired) electrons. The van der Waals surface area contributed by atoms with Gasteiger partial charge in [0.25, 0.3) is 0 Å². The fraction of sp³-hybridized carbons (Fsp3) is 0.440. The second-order valence-corrected chi connectivity index (χ2v) is 9.02. The number of hydrogen-bond acceptors (Lipinski definition) is 6. The molecule has 3 aromatic rings. The van der Waals surface area contributed by atoms with Crippen molar-refractivity contribution in [3.05, 3.63) is 51.9 Å². The van der Waals surface area contributed by atoms with Crippen molar-refractivity contribution in [2.24, 2.45) is 0 Å². The number of aromatic nitrogens is 3. The van der Waals surface area contributed by atoms with Crippen molar-refractivity contribution in [3.8, 4) is 5.75 Å². The minimum Gasteiger partial charge on any atom is -0.478 e. The second kappa shape index (κ2) is 11.6. The number of rotatable bonds is 9. The second-order valence-electron chi connectivity index (χ2n) is 8.58. The summed E-state index contributed by atoms with van der Waals surface area (Å²) in [4.78, 5) is 46.0. The van der Waals surface area contributed by atoms with E-state index in [1.165, 1.54) is 0 Å². The third kappa shape index (κ3) is 5.88. The van der Waals surface area contributed by atoms with Crippen molar-refractivity contribution < 1.29 is 14.3 Å². The molecule has 0 spiro atoms. The minimum absolute atomic E-state index is 0.0494. The molecule has 4 rings (SSSR count). The molecule has 36 heavy (non-hydrogen) atoms. The number of amides is 2. The summed E-state index contributed by atoms with van der Waals surface area (Å²) in [5.74, 6) is 0.778. The van der Waals surface area contributed by atoms with Gasteiger partial charge in [-0.15, -0.1) is 0 Å². The molecule has 0 atom stereocenters. The van der Waals surface area contributed by atoms with Crippen molar-refractivity contribution in [2.75, 3.05) is 38.2 Å². The number of carbonyl (C=O) groups excluding carboxylic acids is 2. The Morgan fingerprint density at radius 2 is 1.67 bits per heavy atom. The maximum Gasteiger partial charge on any atom is 0.330 e. The Bertz CT molecular complexity index is 1280. The lowest BCUT2D eigenvalue weighted by Crippen LogP contribution is -2.49. The summed E-state index contributed by atoms with van der Waals surface area (Å²) < 4.78 is 9.01. The number of benzene rings is 1. The van der Waals surface area contributed by atoms with E-state index in [0.717, 1.165) is 11.3 Å². The number of imidazole rings is 1. The minimum atomic E-state index is -0.287. The van der Waals surface area contributed by atoms with Crippen LogP contribution in [0.25, 0.3) is 11.2 Å². The molecule has 1 aliphatic rings. The number of carbonyl (C=O) groups is 2. The summed E-state index contributed by atoms with van der Waals surface area (Å²) in [5, 5.41) is 3.42. The van der Waals surface area contributed by atoms with Crippen LogP contribution in [0.4, 0.5) is 5.82 Å². The van der Waals surface area contributed by atoms with E-state index in [2.05, 4.69) is 15.2 Å². The summed E-state index contributed by atoms with van der Waals surface area (Å²) in [6, 6.07) is 10.7.